The molecule has 0 aliphatic carbocycles. The molecule has 0 heterocycles. The zero-order valence-electron chi connectivity index (χ0n) is 0.816. The van der Waals surface area contributed by atoms with Gasteiger partial charge in [0.05, 0.1) is 0 Å². The van der Waals surface area contributed by atoms with Crippen molar-refractivity contribution in [2.45, 2.75) is 29.7 Å². The maximum Gasteiger partial charge on any atom is -0.0776 e. The van der Waals surface area contributed by atoms with Crippen LogP contribution in [0.2, 0.25) is 0 Å². The molecule has 0 aliphatic heterocycles. The maximum absolute atomic E-state index is 0. The summed E-state index contributed by atoms with van der Waals surface area (Å²) < 4.78 is 0. The van der Waals surface area contributed by atoms with E-state index in [1.165, 1.54) is 0 Å². The molecule has 0 spiro atoms. The van der Waals surface area contributed by atoms with Crippen LogP contribution in [0.15, 0.2) is 0 Å². The highest BCUT2D eigenvalue weighted by molar-refractivity contribution is 14.0. The van der Waals surface area contributed by atoms with E-state index in [1.54, 1.807) is 0 Å². The van der Waals surface area contributed by atoms with Crippen molar-refractivity contribution in [2.24, 2.45) is 0 Å². The Labute approximate surface area is 77.1 Å². The highest BCUT2D eigenvalue weighted by Gasteiger charge is -0.0743. The zero-order chi connectivity index (χ0) is 0. The van der Waals surface area contributed by atoms with Crippen molar-refractivity contribution in [3.05, 3.63) is 0 Å². The smallest absolute Gasteiger partial charge is 0.0776 e. The number of hydrogen-bond acceptors (Lipinski definition) is 0. The molecule has 0 aromatic carbocycles. The monoisotopic (exact) mass is 320 g/mol. The minimum absolute atomic E-state index is 0. The molecule has 2 heteroatoms. The molecule has 0 fully saturated rings. The summed E-state index contributed by atoms with van der Waals surface area (Å²) >= 11 is 0. The molecule has 6 heavy (non-hydrogen) atoms. The average molecular weight is 320 g/mol. The van der Waals surface area contributed by atoms with Gasteiger partial charge in [-0.3, -0.25) is 0 Å². The molecular formula is C4H18I2. The van der Waals surface area contributed by atoms with Crippen LogP contribution in [0.1, 0.15) is 29.7 Å². The largest absolute Gasteiger partial charge is 0.107 e. The SMILES string of the molecule is C.C.C.C.I.I. The summed E-state index contributed by atoms with van der Waals surface area (Å²) in [5, 5.41) is 0. The third-order valence-corrected chi connectivity index (χ3v) is 0. The van der Waals surface area contributed by atoms with E-state index in [1.807, 2.05) is 0 Å². The Morgan fingerprint density at radius 1 is 0.333 bits per heavy atom. The molecule has 0 aliphatic rings. The fourth-order valence-corrected chi connectivity index (χ4v) is 0. The first kappa shape index (κ1) is 146. The summed E-state index contributed by atoms with van der Waals surface area (Å²) in [4.78, 5) is 0. The molecule has 0 nitrogen and oxygen atoms in total. The second kappa shape index (κ2) is 90.3. The van der Waals surface area contributed by atoms with Gasteiger partial charge in [-0.05, 0) is 0 Å². The summed E-state index contributed by atoms with van der Waals surface area (Å²) in [6.45, 7) is 0. The predicted molar refractivity (Wildman–Crippen MR) is 57.8 cm³/mol. The van der Waals surface area contributed by atoms with E-state index in [-0.39, 0.29) is 77.7 Å². The second-order valence-electron chi connectivity index (χ2n) is 0. The lowest BCUT2D eigenvalue weighted by Crippen LogP contribution is 0.143. The van der Waals surface area contributed by atoms with E-state index in [0.29, 0.717) is 0 Å². The third kappa shape index (κ3) is 51.0. The number of hydrogen-bond donors (Lipinski definition) is 0. The van der Waals surface area contributed by atoms with Crippen molar-refractivity contribution in [1.82, 2.24) is 0 Å². The fourth-order valence-electron chi connectivity index (χ4n) is 0. The Balaban J connectivity index is 0. The van der Waals surface area contributed by atoms with E-state index < -0.39 is 0 Å². The van der Waals surface area contributed by atoms with Crippen molar-refractivity contribution < 1.29 is 0 Å². The molecule has 0 amide bonds. The van der Waals surface area contributed by atoms with E-state index in [9.17, 15) is 0 Å². The molecule has 0 N–H and O–H groups in total. The van der Waals surface area contributed by atoms with E-state index in [2.05, 4.69) is 0 Å². The maximum atomic E-state index is 0. The molecule has 0 saturated carbocycles. The van der Waals surface area contributed by atoms with Crippen LogP contribution in [0.4, 0.5) is 0 Å². The first-order valence-corrected chi connectivity index (χ1v) is 0. The van der Waals surface area contributed by atoms with E-state index in [4.69, 9.17) is 0 Å². The lowest BCUT2D eigenvalue weighted by Gasteiger charge is -0.108. The van der Waals surface area contributed by atoms with Crippen molar-refractivity contribution in [3.8, 4) is 0 Å². The second-order valence-corrected chi connectivity index (χ2v) is 0. The molecule has 48 valence electrons. The van der Waals surface area contributed by atoms with Crippen LogP contribution in [0, 0.1) is 0 Å². The molecule has 0 saturated heterocycles. The summed E-state index contributed by atoms with van der Waals surface area (Å²) in [6.07, 6.45) is 0. The van der Waals surface area contributed by atoms with Gasteiger partial charge in [0.2, 0.25) is 0 Å². The molecule has 0 bridgehead atoms. The van der Waals surface area contributed by atoms with Gasteiger partial charge in [-0.25, -0.2) is 0 Å². The lowest BCUT2D eigenvalue weighted by molar-refractivity contribution is 2.50. The standard InChI is InChI=1S/4CH4.2HI/h4*1H4;2*1H. The van der Waals surface area contributed by atoms with Gasteiger partial charge in [-0.1, -0.05) is 29.7 Å². The van der Waals surface area contributed by atoms with Crippen LogP contribution in [-0.2, 0) is 0 Å². The van der Waals surface area contributed by atoms with Crippen LogP contribution in [-0.4, -0.2) is 0 Å². The van der Waals surface area contributed by atoms with Crippen molar-refractivity contribution in [1.29, 1.82) is 0 Å². The Bertz CT molecular complexity index is 5.51. The highest BCUT2D eigenvalue weighted by Crippen LogP contribution is 0.887. The zero-order valence-corrected chi connectivity index (χ0v) is 5.48. The van der Waals surface area contributed by atoms with Gasteiger partial charge in [-0.2, -0.15) is 0 Å². The van der Waals surface area contributed by atoms with Gasteiger partial charge < -0.3 is 0 Å². The summed E-state index contributed by atoms with van der Waals surface area (Å²) in [5.74, 6) is 0. The van der Waals surface area contributed by atoms with Gasteiger partial charge in [0.15, 0.2) is 0 Å². The Morgan fingerprint density at radius 3 is 0.333 bits per heavy atom. The first-order valence-electron chi connectivity index (χ1n) is 0. The topological polar surface area (TPSA) is 0 Å². The minimum Gasteiger partial charge on any atom is -0.107 e. The van der Waals surface area contributed by atoms with Gasteiger partial charge in [0.25, 0.3) is 0 Å². The minimum atomic E-state index is 0. The van der Waals surface area contributed by atoms with Gasteiger partial charge in [0.1, 0.15) is 0 Å². The molecule has 0 aromatic rings. The molecule has 0 rings (SSSR count). The molecule has 0 radical (unpaired) electrons. The lowest BCUT2D eigenvalue weighted by atomic mass is 12.0. The molecular weight excluding hydrogens is 302 g/mol. The van der Waals surface area contributed by atoms with E-state index >= 15 is 0 Å². The van der Waals surface area contributed by atoms with Crippen LogP contribution < -0.4 is 0 Å². The summed E-state index contributed by atoms with van der Waals surface area (Å²) in [6, 6.07) is 0. The normalized spacial score (nSPS) is 0. The number of halogens is 2. The Morgan fingerprint density at radius 2 is 0.333 bits per heavy atom. The van der Waals surface area contributed by atoms with Crippen LogP contribution >= 0.6 is 48.0 Å². The Hall–Kier alpha value is 1.46. The van der Waals surface area contributed by atoms with Crippen LogP contribution in [0.5, 0.6) is 0 Å². The quantitative estimate of drug-likeness (QED) is 0.596. The first-order chi connectivity index (χ1) is 0. The summed E-state index contributed by atoms with van der Waals surface area (Å²) in [5.41, 5.74) is 0. The van der Waals surface area contributed by atoms with Gasteiger partial charge in [-0.15, -0.1) is 48.0 Å². The van der Waals surface area contributed by atoms with Gasteiger partial charge in [0, 0.05) is 0 Å². The molecule has 0 aromatic heterocycles. The van der Waals surface area contributed by atoms with Crippen molar-refractivity contribution >= 4 is 48.0 Å². The highest BCUT2D eigenvalue weighted by atomic mass is 127. The average Bonchev–Trinajstić information content (AvgIpc) is 0. The molecule has 0 atom stereocenters. The van der Waals surface area contributed by atoms with Gasteiger partial charge >= 0.3 is 0 Å². The third-order valence-electron chi connectivity index (χ3n) is 0. The number of rotatable bonds is 0. The van der Waals surface area contributed by atoms with Crippen molar-refractivity contribution in [2.75, 3.05) is 0 Å². The van der Waals surface area contributed by atoms with Crippen molar-refractivity contribution in [3.63, 3.8) is 0 Å². The fraction of sp³-hybridized carbons (Fsp3) is 1.00. The predicted octanol–water partition coefficient (Wildman–Crippen LogP) is 3.78. The van der Waals surface area contributed by atoms with E-state index in [0.717, 1.165) is 0 Å². The van der Waals surface area contributed by atoms with Crippen LogP contribution in [0.25, 0.3) is 0 Å². The Kier molecular flexibility index (Phi) is 2200. The summed E-state index contributed by atoms with van der Waals surface area (Å²) in [7, 11) is 0. The van der Waals surface area contributed by atoms with Crippen LogP contribution in [0.3, 0.4) is 0 Å². The molecule has 0 unspecified atom stereocenters.